The third-order valence-electron chi connectivity index (χ3n) is 3.71. The van der Waals surface area contributed by atoms with Gasteiger partial charge >= 0.3 is 0 Å². The first-order chi connectivity index (χ1) is 12.2. The number of fused-ring (bicyclic) bond motifs is 1. The molecular formula is C18H13FN4OS. The standard InChI is InChI=1S/C18H13FN4OS/c19-13-5-3-12(4-6-13)16-10-23-15(11-25-18(23)22-16)8-17(24)21-14-2-1-7-20-9-14/h1-7,9-11H,8H2,(H,21,24). The topological polar surface area (TPSA) is 59.3 Å². The molecule has 0 bridgehead atoms. The van der Waals surface area contributed by atoms with E-state index in [0.717, 1.165) is 21.9 Å². The van der Waals surface area contributed by atoms with E-state index >= 15 is 0 Å². The van der Waals surface area contributed by atoms with E-state index in [1.807, 2.05) is 16.0 Å². The average Bonchev–Trinajstić information content (AvgIpc) is 3.18. The summed E-state index contributed by atoms with van der Waals surface area (Å²) in [6.07, 6.45) is 5.35. The number of imidazole rings is 1. The lowest BCUT2D eigenvalue weighted by molar-refractivity contribution is -0.115. The molecule has 7 heteroatoms. The van der Waals surface area contributed by atoms with Crippen LogP contribution in [0, 0.1) is 5.82 Å². The molecule has 124 valence electrons. The largest absolute Gasteiger partial charge is 0.324 e. The second kappa shape index (κ2) is 6.45. The number of thiazole rings is 1. The van der Waals surface area contributed by atoms with Crippen LogP contribution in [0.15, 0.2) is 60.4 Å². The first-order valence-corrected chi connectivity index (χ1v) is 8.48. The molecule has 3 heterocycles. The van der Waals surface area contributed by atoms with Crippen molar-refractivity contribution < 1.29 is 9.18 Å². The molecule has 0 atom stereocenters. The molecule has 0 radical (unpaired) electrons. The molecule has 3 aromatic heterocycles. The maximum absolute atomic E-state index is 13.1. The van der Waals surface area contributed by atoms with Gasteiger partial charge in [-0.3, -0.25) is 14.2 Å². The molecule has 4 aromatic rings. The predicted molar refractivity (Wildman–Crippen MR) is 95.0 cm³/mol. The van der Waals surface area contributed by atoms with Crippen molar-refractivity contribution in [2.24, 2.45) is 0 Å². The van der Waals surface area contributed by atoms with Crippen LogP contribution in [0.1, 0.15) is 5.69 Å². The van der Waals surface area contributed by atoms with E-state index in [1.54, 1.807) is 36.7 Å². The molecule has 1 N–H and O–H groups in total. The SMILES string of the molecule is O=C(Cc1csc2nc(-c3ccc(F)cc3)cn12)Nc1cccnc1. The molecule has 0 aliphatic rings. The van der Waals surface area contributed by atoms with E-state index in [4.69, 9.17) is 0 Å². The zero-order valence-electron chi connectivity index (χ0n) is 13.0. The molecule has 0 saturated carbocycles. The van der Waals surface area contributed by atoms with Crippen molar-refractivity contribution in [1.82, 2.24) is 14.4 Å². The highest BCUT2D eigenvalue weighted by molar-refractivity contribution is 7.15. The minimum absolute atomic E-state index is 0.121. The molecule has 1 aromatic carbocycles. The first kappa shape index (κ1) is 15.5. The summed E-state index contributed by atoms with van der Waals surface area (Å²) in [5.74, 6) is -0.401. The summed E-state index contributed by atoms with van der Waals surface area (Å²) in [5.41, 5.74) is 3.10. The van der Waals surface area contributed by atoms with Crippen LogP contribution in [0.25, 0.3) is 16.2 Å². The normalized spacial score (nSPS) is 10.9. The Morgan fingerprint density at radius 3 is 2.84 bits per heavy atom. The maximum Gasteiger partial charge on any atom is 0.230 e. The number of amides is 1. The van der Waals surface area contributed by atoms with Crippen molar-refractivity contribution in [3.63, 3.8) is 0 Å². The second-order valence-corrected chi connectivity index (χ2v) is 6.32. The van der Waals surface area contributed by atoms with Gasteiger partial charge < -0.3 is 5.32 Å². The van der Waals surface area contributed by atoms with Crippen molar-refractivity contribution in [1.29, 1.82) is 0 Å². The zero-order chi connectivity index (χ0) is 17.2. The summed E-state index contributed by atoms with van der Waals surface area (Å²) in [6, 6.07) is 9.75. The fourth-order valence-electron chi connectivity index (χ4n) is 2.52. The van der Waals surface area contributed by atoms with Gasteiger partial charge in [0.15, 0.2) is 4.96 Å². The van der Waals surface area contributed by atoms with Gasteiger partial charge in [-0.1, -0.05) is 0 Å². The number of halogens is 1. The maximum atomic E-state index is 13.1. The Hall–Kier alpha value is -3.06. The zero-order valence-corrected chi connectivity index (χ0v) is 13.8. The molecule has 4 rings (SSSR count). The van der Waals surface area contributed by atoms with Gasteiger partial charge in [0.2, 0.25) is 5.91 Å². The van der Waals surface area contributed by atoms with Crippen LogP contribution in [0.3, 0.4) is 0 Å². The molecule has 25 heavy (non-hydrogen) atoms. The van der Waals surface area contributed by atoms with E-state index in [2.05, 4.69) is 15.3 Å². The van der Waals surface area contributed by atoms with Gasteiger partial charge in [0.05, 0.1) is 24.0 Å². The molecule has 0 saturated heterocycles. The van der Waals surface area contributed by atoms with Crippen molar-refractivity contribution in [2.45, 2.75) is 6.42 Å². The molecule has 0 fully saturated rings. The summed E-state index contributed by atoms with van der Waals surface area (Å²) in [6.45, 7) is 0. The number of rotatable bonds is 4. The highest BCUT2D eigenvalue weighted by Crippen LogP contribution is 2.24. The fraction of sp³-hybridized carbons (Fsp3) is 0.0556. The van der Waals surface area contributed by atoms with Crippen molar-refractivity contribution in [3.8, 4) is 11.3 Å². The molecule has 0 spiro atoms. The van der Waals surface area contributed by atoms with Crippen LogP contribution in [0.5, 0.6) is 0 Å². The van der Waals surface area contributed by atoms with Crippen LogP contribution >= 0.6 is 11.3 Å². The third-order valence-corrected chi connectivity index (χ3v) is 4.60. The summed E-state index contributed by atoms with van der Waals surface area (Å²) < 4.78 is 15.0. The number of benzene rings is 1. The molecule has 5 nitrogen and oxygen atoms in total. The lowest BCUT2D eigenvalue weighted by atomic mass is 10.2. The summed E-state index contributed by atoms with van der Waals surface area (Å²) in [4.78, 5) is 21.5. The van der Waals surface area contributed by atoms with E-state index in [9.17, 15) is 9.18 Å². The van der Waals surface area contributed by atoms with E-state index < -0.39 is 0 Å². The Morgan fingerprint density at radius 1 is 1.24 bits per heavy atom. The summed E-state index contributed by atoms with van der Waals surface area (Å²) in [5, 5.41) is 4.73. The molecule has 1 amide bonds. The summed E-state index contributed by atoms with van der Waals surface area (Å²) >= 11 is 1.47. The monoisotopic (exact) mass is 352 g/mol. The predicted octanol–water partition coefficient (Wildman–Crippen LogP) is 3.78. The number of hydrogen-bond acceptors (Lipinski definition) is 4. The molecule has 0 aliphatic heterocycles. The van der Waals surface area contributed by atoms with Gasteiger partial charge in [0.25, 0.3) is 0 Å². The van der Waals surface area contributed by atoms with Gasteiger partial charge in [0, 0.05) is 29.0 Å². The number of carbonyl (C=O) groups is 1. The van der Waals surface area contributed by atoms with Gasteiger partial charge in [-0.15, -0.1) is 11.3 Å². The number of nitrogens with one attached hydrogen (secondary N) is 1. The van der Waals surface area contributed by atoms with Crippen molar-refractivity contribution in [3.05, 3.63) is 71.9 Å². The number of hydrogen-bond donors (Lipinski definition) is 1. The number of pyridine rings is 1. The number of anilines is 1. The number of carbonyl (C=O) groups excluding carboxylic acids is 1. The van der Waals surface area contributed by atoms with Crippen LogP contribution in [0.4, 0.5) is 10.1 Å². The Kier molecular flexibility index (Phi) is 3.99. The van der Waals surface area contributed by atoms with Gasteiger partial charge in [-0.05, 0) is 36.4 Å². The van der Waals surface area contributed by atoms with Gasteiger partial charge in [-0.25, -0.2) is 9.37 Å². The number of nitrogens with zero attached hydrogens (tertiary/aromatic N) is 3. The van der Waals surface area contributed by atoms with Crippen LogP contribution < -0.4 is 5.32 Å². The Labute approximate surface area is 146 Å². The number of aromatic nitrogens is 3. The van der Waals surface area contributed by atoms with E-state index in [-0.39, 0.29) is 18.1 Å². The fourth-order valence-corrected chi connectivity index (χ4v) is 3.40. The van der Waals surface area contributed by atoms with E-state index in [0.29, 0.717) is 5.69 Å². The Bertz CT molecular complexity index is 1020. The molecular weight excluding hydrogens is 339 g/mol. The highest BCUT2D eigenvalue weighted by Gasteiger charge is 2.13. The van der Waals surface area contributed by atoms with Crippen LogP contribution in [0.2, 0.25) is 0 Å². The minimum Gasteiger partial charge on any atom is -0.324 e. The van der Waals surface area contributed by atoms with Crippen molar-refractivity contribution in [2.75, 3.05) is 5.32 Å². The Morgan fingerprint density at radius 2 is 2.08 bits per heavy atom. The average molecular weight is 352 g/mol. The second-order valence-electron chi connectivity index (χ2n) is 5.48. The van der Waals surface area contributed by atoms with Crippen LogP contribution in [-0.2, 0) is 11.2 Å². The van der Waals surface area contributed by atoms with E-state index in [1.165, 1.54) is 23.5 Å². The first-order valence-electron chi connectivity index (χ1n) is 7.60. The highest BCUT2D eigenvalue weighted by atomic mass is 32.1. The molecule has 0 aliphatic carbocycles. The third kappa shape index (κ3) is 3.27. The minimum atomic E-state index is -0.280. The lowest BCUT2D eigenvalue weighted by Gasteiger charge is -2.03. The Balaban J connectivity index is 1.56. The van der Waals surface area contributed by atoms with Crippen molar-refractivity contribution >= 4 is 27.9 Å². The quantitative estimate of drug-likeness (QED) is 0.608. The molecule has 0 unspecified atom stereocenters. The van der Waals surface area contributed by atoms with Gasteiger partial charge in [0.1, 0.15) is 5.82 Å². The van der Waals surface area contributed by atoms with Crippen LogP contribution in [-0.4, -0.2) is 20.3 Å². The lowest BCUT2D eigenvalue weighted by Crippen LogP contribution is -2.15. The smallest absolute Gasteiger partial charge is 0.230 e. The van der Waals surface area contributed by atoms with Gasteiger partial charge in [-0.2, -0.15) is 0 Å². The summed E-state index contributed by atoms with van der Waals surface area (Å²) in [7, 11) is 0.